The average Bonchev–Trinajstić information content (AvgIpc) is 2.79. The Labute approximate surface area is 100 Å². The maximum atomic E-state index is 5.92. The second kappa shape index (κ2) is 3.77. The first-order valence-electron chi connectivity index (χ1n) is 5.72. The Bertz CT molecular complexity index is 578. The van der Waals surface area contributed by atoms with E-state index in [1.807, 2.05) is 19.1 Å². The Morgan fingerprint density at radius 2 is 2.18 bits per heavy atom. The molecule has 0 amide bonds. The minimum atomic E-state index is 0.578. The molecule has 0 atom stereocenters. The van der Waals surface area contributed by atoms with Crippen LogP contribution in [0.25, 0.3) is 11.1 Å². The maximum absolute atomic E-state index is 5.92. The van der Waals surface area contributed by atoms with Crippen LogP contribution in [0.1, 0.15) is 11.1 Å². The zero-order valence-corrected chi connectivity index (χ0v) is 9.73. The monoisotopic (exact) mass is 226 g/mol. The summed E-state index contributed by atoms with van der Waals surface area (Å²) in [6.45, 7) is 2.80. The van der Waals surface area contributed by atoms with Crippen LogP contribution >= 0.6 is 0 Å². The van der Waals surface area contributed by atoms with Crippen LogP contribution in [0, 0.1) is 6.92 Å². The van der Waals surface area contributed by atoms with E-state index in [0.29, 0.717) is 5.82 Å². The van der Waals surface area contributed by atoms with Gasteiger partial charge >= 0.3 is 0 Å². The molecule has 1 aromatic carbocycles. The first kappa shape index (κ1) is 10.1. The third-order valence-electron chi connectivity index (χ3n) is 3.06. The first-order valence-corrected chi connectivity index (χ1v) is 5.72. The predicted octanol–water partition coefficient (Wildman–Crippen LogP) is 2.57. The summed E-state index contributed by atoms with van der Waals surface area (Å²) in [6, 6.07) is 8.27. The van der Waals surface area contributed by atoms with E-state index < -0.39 is 0 Å². The number of hydrogen-bond acceptors (Lipinski definition) is 3. The van der Waals surface area contributed by atoms with Crippen molar-refractivity contribution in [3.8, 4) is 16.9 Å². The molecule has 1 aliphatic heterocycles. The van der Waals surface area contributed by atoms with Gasteiger partial charge < -0.3 is 10.5 Å². The molecule has 1 aromatic heterocycles. The highest BCUT2D eigenvalue weighted by atomic mass is 16.5. The Morgan fingerprint density at radius 1 is 1.29 bits per heavy atom. The lowest BCUT2D eigenvalue weighted by molar-refractivity contribution is 0.357. The summed E-state index contributed by atoms with van der Waals surface area (Å²) in [5.74, 6) is 1.57. The van der Waals surface area contributed by atoms with Crippen LogP contribution in [0.4, 0.5) is 5.82 Å². The van der Waals surface area contributed by atoms with Gasteiger partial charge in [-0.2, -0.15) is 0 Å². The van der Waals surface area contributed by atoms with Gasteiger partial charge in [-0.05, 0) is 41.8 Å². The van der Waals surface area contributed by atoms with Crippen LogP contribution in [0.2, 0.25) is 0 Å². The van der Waals surface area contributed by atoms with Gasteiger partial charge in [-0.15, -0.1) is 0 Å². The number of nitrogen functional groups attached to an aromatic ring is 1. The van der Waals surface area contributed by atoms with Gasteiger partial charge in [0.15, 0.2) is 0 Å². The van der Waals surface area contributed by atoms with Gasteiger partial charge in [0.25, 0.3) is 0 Å². The van der Waals surface area contributed by atoms with Crippen molar-refractivity contribution >= 4 is 5.82 Å². The van der Waals surface area contributed by atoms with Crippen molar-refractivity contribution in [2.24, 2.45) is 0 Å². The maximum Gasteiger partial charge on any atom is 0.131 e. The quantitative estimate of drug-likeness (QED) is 0.813. The number of benzene rings is 1. The molecule has 3 nitrogen and oxygen atoms in total. The van der Waals surface area contributed by atoms with Crippen LogP contribution in [0.5, 0.6) is 5.75 Å². The van der Waals surface area contributed by atoms with E-state index in [1.165, 1.54) is 5.56 Å². The van der Waals surface area contributed by atoms with Crippen molar-refractivity contribution in [2.45, 2.75) is 13.3 Å². The summed E-state index contributed by atoms with van der Waals surface area (Å²) < 4.78 is 5.50. The van der Waals surface area contributed by atoms with Crippen molar-refractivity contribution in [1.29, 1.82) is 0 Å². The van der Waals surface area contributed by atoms with Crippen molar-refractivity contribution in [2.75, 3.05) is 12.3 Å². The van der Waals surface area contributed by atoms with Crippen molar-refractivity contribution < 1.29 is 4.74 Å². The number of ether oxygens (including phenoxy) is 1. The van der Waals surface area contributed by atoms with Gasteiger partial charge in [-0.25, -0.2) is 4.98 Å². The molecule has 1 aliphatic rings. The van der Waals surface area contributed by atoms with Crippen LogP contribution in [0.3, 0.4) is 0 Å². The van der Waals surface area contributed by atoms with E-state index in [4.69, 9.17) is 10.5 Å². The summed E-state index contributed by atoms with van der Waals surface area (Å²) in [5, 5.41) is 0. The lowest BCUT2D eigenvalue weighted by atomic mass is 10.0. The normalized spacial score (nSPS) is 13.2. The number of fused-ring (bicyclic) bond motifs is 1. The number of anilines is 1. The molecule has 2 aromatic rings. The summed E-state index contributed by atoms with van der Waals surface area (Å²) in [7, 11) is 0. The number of hydrogen-bond donors (Lipinski definition) is 1. The van der Waals surface area contributed by atoms with Crippen molar-refractivity contribution in [3.05, 3.63) is 41.6 Å². The fourth-order valence-corrected chi connectivity index (χ4v) is 2.17. The Morgan fingerprint density at radius 3 is 3.06 bits per heavy atom. The topological polar surface area (TPSA) is 48.1 Å². The molecule has 0 saturated heterocycles. The van der Waals surface area contributed by atoms with E-state index in [9.17, 15) is 0 Å². The fraction of sp³-hybridized carbons (Fsp3) is 0.214. The minimum Gasteiger partial charge on any atom is -0.493 e. The zero-order chi connectivity index (χ0) is 11.8. The molecule has 0 fully saturated rings. The Balaban J connectivity index is 2.12. The highest BCUT2D eigenvalue weighted by Crippen LogP contribution is 2.32. The molecule has 0 spiro atoms. The van der Waals surface area contributed by atoms with E-state index >= 15 is 0 Å². The number of rotatable bonds is 1. The summed E-state index contributed by atoms with van der Waals surface area (Å²) in [4.78, 5) is 4.20. The number of nitrogens with two attached hydrogens (primary N) is 1. The van der Waals surface area contributed by atoms with Gasteiger partial charge in [0.2, 0.25) is 0 Å². The highest BCUT2D eigenvalue weighted by molar-refractivity contribution is 5.75. The van der Waals surface area contributed by atoms with Crippen LogP contribution < -0.4 is 10.5 Å². The largest absolute Gasteiger partial charge is 0.493 e. The summed E-state index contributed by atoms with van der Waals surface area (Å²) >= 11 is 0. The van der Waals surface area contributed by atoms with Gasteiger partial charge in [-0.1, -0.05) is 6.07 Å². The molecular formula is C14H14N2O. The minimum absolute atomic E-state index is 0.578. The van der Waals surface area contributed by atoms with Crippen molar-refractivity contribution in [1.82, 2.24) is 4.98 Å². The molecule has 0 unspecified atom stereocenters. The lowest BCUT2D eigenvalue weighted by Gasteiger charge is -2.07. The molecule has 3 heteroatoms. The third kappa shape index (κ3) is 1.73. The molecule has 2 heterocycles. The van der Waals surface area contributed by atoms with E-state index in [-0.39, 0.29) is 0 Å². The molecule has 2 N–H and O–H groups in total. The van der Waals surface area contributed by atoms with Crippen LogP contribution in [-0.2, 0) is 6.42 Å². The number of pyridine rings is 1. The van der Waals surface area contributed by atoms with Gasteiger partial charge in [0.05, 0.1) is 6.61 Å². The van der Waals surface area contributed by atoms with Crippen molar-refractivity contribution in [3.63, 3.8) is 0 Å². The van der Waals surface area contributed by atoms with Gasteiger partial charge in [0, 0.05) is 18.2 Å². The molecule has 0 saturated carbocycles. The highest BCUT2D eigenvalue weighted by Gasteiger charge is 2.13. The number of nitrogens with zero attached hydrogens (tertiary/aromatic N) is 1. The molecule has 86 valence electrons. The smallest absolute Gasteiger partial charge is 0.131 e. The molecule has 0 bridgehead atoms. The second-order valence-corrected chi connectivity index (χ2v) is 4.37. The average molecular weight is 226 g/mol. The molecule has 0 aliphatic carbocycles. The molecule has 0 radical (unpaired) electrons. The SMILES string of the molecule is Cc1cnc(N)c(-c2ccc3c(c2)CCO3)c1. The van der Waals surface area contributed by atoms with E-state index in [1.54, 1.807) is 6.20 Å². The number of aryl methyl sites for hydroxylation is 1. The summed E-state index contributed by atoms with van der Waals surface area (Å²) in [6.07, 6.45) is 2.76. The molecule has 17 heavy (non-hydrogen) atoms. The lowest BCUT2D eigenvalue weighted by Crippen LogP contribution is -1.95. The van der Waals surface area contributed by atoms with Gasteiger partial charge in [0.1, 0.15) is 11.6 Å². The zero-order valence-electron chi connectivity index (χ0n) is 9.73. The standard InChI is InChI=1S/C14H14N2O/c1-9-6-12(14(15)16-8-9)10-2-3-13-11(7-10)4-5-17-13/h2-3,6-8H,4-5H2,1H3,(H2,15,16). The molecular weight excluding hydrogens is 212 g/mol. The number of aromatic nitrogens is 1. The Kier molecular flexibility index (Phi) is 2.25. The second-order valence-electron chi connectivity index (χ2n) is 4.37. The molecule has 3 rings (SSSR count). The van der Waals surface area contributed by atoms with Crippen LogP contribution in [-0.4, -0.2) is 11.6 Å². The van der Waals surface area contributed by atoms with Crippen LogP contribution in [0.15, 0.2) is 30.5 Å². The van der Waals surface area contributed by atoms with E-state index in [2.05, 4.69) is 17.1 Å². The Hall–Kier alpha value is -2.03. The third-order valence-corrected chi connectivity index (χ3v) is 3.06. The fourth-order valence-electron chi connectivity index (χ4n) is 2.17. The van der Waals surface area contributed by atoms with E-state index in [0.717, 1.165) is 35.5 Å². The first-order chi connectivity index (χ1) is 8.24. The summed E-state index contributed by atoms with van der Waals surface area (Å²) in [5.41, 5.74) is 10.4. The van der Waals surface area contributed by atoms with Gasteiger partial charge in [-0.3, -0.25) is 0 Å². The predicted molar refractivity (Wildman–Crippen MR) is 68.0 cm³/mol.